The maximum absolute atomic E-state index is 4.54. The maximum atomic E-state index is 4.54. The lowest BCUT2D eigenvalue weighted by molar-refractivity contribution is 0.615. The average Bonchev–Trinajstić information content (AvgIpc) is 2.53. The Kier molecular flexibility index (Phi) is 3.88. The summed E-state index contributed by atoms with van der Waals surface area (Å²) >= 11 is 0. The van der Waals surface area contributed by atoms with Gasteiger partial charge in [-0.1, -0.05) is 25.1 Å². The van der Waals surface area contributed by atoms with Gasteiger partial charge in [-0.25, -0.2) is 0 Å². The SMILES string of the molecule is CCNC(c1cnc(C)cn1)c1cccc2ncccc12. The van der Waals surface area contributed by atoms with E-state index >= 15 is 0 Å². The molecule has 0 amide bonds. The molecule has 1 unspecified atom stereocenters. The lowest BCUT2D eigenvalue weighted by Gasteiger charge is -2.19. The summed E-state index contributed by atoms with van der Waals surface area (Å²) in [5.74, 6) is 0. The number of rotatable bonds is 4. The van der Waals surface area contributed by atoms with Gasteiger partial charge in [0.15, 0.2) is 0 Å². The van der Waals surface area contributed by atoms with Gasteiger partial charge in [0.05, 0.1) is 29.1 Å². The van der Waals surface area contributed by atoms with Crippen LogP contribution in [0, 0.1) is 6.92 Å². The molecular formula is C17H18N4. The first kappa shape index (κ1) is 13.6. The van der Waals surface area contributed by atoms with E-state index in [2.05, 4.69) is 39.3 Å². The van der Waals surface area contributed by atoms with Crippen LogP contribution in [-0.4, -0.2) is 21.5 Å². The molecule has 4 heteroatoms. The molecule has 21 heavy (non-hydrogen) atoms. The zero-order valence-corrected chi connectivity index (χ0v) is 12.2. The summed E-state index contributed by atoms with van der Waals surface area (Å²) in [5.41, 5.74) is 4.03. The Bertz CT molecular complexity index is 732. The molecule has 2 heterocycles. The Morgan fingerprint density at radius 1 is 1.05 bits per heavy atom. The van der Waals surface area contributed by atoms with Gasteiger partial charge in [-0.15, -0.1) is 0 Å². The predicted molar refractivity (Wildman–Crippen MR) is 84.0 cm³/mol. The van der Waals surface area contributed by atoms with Crippen molar-refractivity contribution >= 4 is 10.9 Å². The highest BCUT2D eigenvalue weighted by atomic mass is 14.9. The molecule has 0 aliphatic rings. The van der Waals surface area contributed by atoms with Crippen LogP contribution >= 0.6 is 0 Å². The third-order valence-electron chi connectivity index (χ3n) is 3.50. The van der Waals surface area contributed by atoms with Crippen molar-refractivity contribution in [2.24, 2.45) is 0 Å². The van der Waals surface area contributed by atoms with Crippen molar-refractivity contribution in [3.05, 3.63) is 65.9 Å². The molecular weight excluding hydrogens is 260 g/mol. The minimum atomic E-state index is 0.0241. The van der Waals surface area contributed by atoms with Gasteiger partial charge < -0.3 is 5.32 Å². The van der Waals surface area contributed by atoms with Crippen molar-refractivity contribution in [3.63, 3.8) is 0 Å². The largest absolute Gasteiger partial charge is 0.305 e. The quantitative estimate of drug-likeness (QED) is 0.797. The molecule has 2 aromatic heterocycles. The van der Waals surface area contributed by atoms with Gasteiger partial charge in [0.2, 0.25) is 0 Å². The fraction of sp³-hybridized carbons (Fsp3) is 0.235. The van der Waals surface area contributed by atoms with Gasteiger partial charge in [0.1, 0.15) is 0 Å². The number of hydrogen-bond donors (Lipinski definition) is 1. The lowest BCUT2D eigenvalue weighted by Crippen LogP contribution is -2.23. The third-order valence-corrected chi connectivity index (χ3v) is 3.50. The van der Waals surface area contributed by atoms with Crippen LogP contribution in [0.2, 0.25) is 0 Å². The summed E-state index contributed by atoms with van der Waals surface area (Å²) in [6.45, 7) is 4.90. The number of aryl methyl sites for hydroxylation is 1. The van der Waals surface area contributed by atoms with Crippen molar-refractivity contribution in [1.82, 2.24) is 20.3 Å². The molecule has 0 saturated heterocycles. The van der Waals surface area contributed by atoms with E-state index in [1.165, 1.54) is 5.56 Å². The number of nitrogens with one attached hydrogen (secondary N) is 1. The van der Waals surface area contributed by atoms with E-state index < -0.39 is 0 Å². The number of benzene rings is 1. The molecule has 1 aromatic carbocycles. The van der Waals surface area contributed by atoms with E-state index in [0.29, 0.717) is 0 Å². The van der Waals surface area contributed by atoms with Gasteiger partial charge in [0.25, 0.3) is 0 Å². The Morgan fingerprint density at radius 2 is 1.95 bits per heavy atom. The van der Waals surface area contributed by atoms with Crippen molar-refractivity contribution in [3.8, 4) is 0 Å². The molecule has 0 spiro atoms. The normalized spacial score (nSPS) is 12.5. The molecule has 0 aliphatic carbocycles. The third kappa shape index (κ3) is 2.76. The first-order valence-electron chi connectivity index (χ1n) is 7.15. The second kappa shape index (κ2) is 5.97. The molecule has 0 radical (unpaired) electrons. The molecule has 106 valence electrons. The van der Waals surface area contributed by atoms with E-state index in [4.69, 9.17) is 0 Å². The van der Waals surface area contributed by atoms with Crippen LogP contribution in [0.25, 0.3) is 10.9 Å². The fourth-order valence-corrected chi connectivity index (χ4v) is 2.51. The number of hydrogen-bond acceptors (Lipinski definition) is 4. The molecule has 3 aromatic rings. The molecule has 0 bridgehead atoms. The van der Waals surface area contributed by atoms with E-state index in [1.54, 1.807) is 0 Å². The monoisotopic (exact) mass is 278 g/mol. The minimum absolute atomic E-state index is 0.0241. The first-order valence-corrected chi connectivity index (χ1v) is 7.15. The fourth-order valence-electron chi connectivity index (χ4n) is 2.51. The molecule has 1 atom stereocenters. The first-order chi connectivity index (χ1) is 10.3. The van der Waals surface area contributed by atoms with Gasteiger partial charge in [-0.05, 0) is 31.2 Å². The van der Waals surface area contributed by atoms with Crippen molar-refractivity contribution in [2.75, 3.05) is 6.54 Å². The van der Waals surface area contributed by atoms with Crippen LogP contribution in [0.3, 0.4) is 0 Å². The summed E-state index contributed by atoms with van der Waals surface area (Å²) in [6.07, 6.45) is 5.47. The zero-order chi connectivity index (χ0) is 14.7. The number of fused-ring (bicyclic) bond motifs is 1. The summed E-state index contributed by atoms with van der Waals surface area (Å²) in [7, 11) is 0. The molecule has 0 aliphatic heterocycles. The number of nitrogens with zero attached hydrogens (tertiary/aromatic N) is 3. The van der Waals surface area contributed by atoms with Crippen LogP contribution in [0.5, 0.6) is 0 Å². The number of aromatic nitrogens is 3. The van der Waals surface area contributed by atoms with Gasteiger partial charge in [-0.2, -0.15) is 0 Å². The Labute approximate surface area is 124 Å². The highest BCUT2D eigenvalue weighted by Crippen LogP contribution is 2.26. The van der Waals surface area contributed by atoms with Gasteiger partial charge >= 0.3 is 0 Å². The second-order valence-electron chi connectivity index (χ2n) is 4.99. The summed E-state index contributed by atoms with van der Waals surface area (Å²) in [6, 6.07) is 10.3. The van der Waals surface area contributed by atoms with Crippen LogP contribution in [-0.2, 0) is 0 Å². The molecule has 4 nitrogen and oxygen atoms in total. The highest BCUT2D eigenvalue weighted by molar-refractivity contribution is 5.82. The number of pyridine rings is 1. The van der Waals surface area contributed by atoms with E-state index in [-0.39, 0.29) is 6.04 Å². The van der Waals surface area contributed by atoms with Crippen molar-refractivity contribution in [2.45, 2.75) is 19.9 Å². The van der Waals surface area contributed by atoms with E-state index in [1.807, 2.05) is 43.7 Å². The maximum Gasteiger partial charge on any atom is 0.0801 e. The van der Waals surface area contributed by atoms with Gasteiger partial charge in [-0.3, -0.25) is 15.0 Å². The van der Waals surface area contributed by atoms with E-state index in [0.717, 1.165) is 28.8 Å². The van der Waals surface area contributed by atoms with E-state index in [9.17, 15) is 0 Å². The Balaban J connectivity index is 2.13. The van der Waals surface area contributed by atoms with Crippen molar-refractivity contribution < 1.29 is 0 Å². The summed E-state index contributed by atoms with van der Waals surface area (Å²) in [5, 5.41) is 4.64. The molecule has 0 saturated carbocycles. The predicted octanol–water partition coefficient (Wildman–Crippen LogP) is 3.03. The Hall–Kier alpha value is -2.33. The molecule has 0 fully saturated rings. The lowest BCUT2D eigenvalue weighted by atomic mass is 9.99. The standard InChI is InChI=1S/C17H18N4/c1-3-18-17(16-11-20-12(2)10-21-16)14-6-4-8-15-13(14)7-5-9-19-15/h4-11,17-18H,3H2,1-2H3. The van der Waals surface area contributed by atoms with Crippen LogP contribution < -0.4 is 5.32 Å². The summed E-state index contributed by atoms with van der Waals surface area (Å²) < 4.78 is 0. The minimum Gasteiger partial charge on any atom is -0.305 e. The molecule has 1 N–H and O–H groups in total. The topological polar surface area (TPSA) is 50.7 Å². The van der Waals surface area contributed by atoms with Crippen LogP contribution in [0.4, 0.5) is 0 Å². The Morgan fingerprint density at radius 3 is 2.71 bits per heavy atom. The average molecular weight is 278 g/mol. The van der Waals surface area contributed by atoms with Crippen LogP contribution in [0.15, 0.2) is 48.9 Å². The second-order valence-corrected chi connectivity index (χ2v) is 4.99. The zero-order valence-electron chi connectivity index (χ0n) is 12.2. The smallest absolute Gasteiger partial charge is 0.0801 e. The van der Waals surface area contributed by atoms with Crippen molar-refractivity contribution in [1.29, 1.82) is 0 Å². The highest BCUT2D eigenvalue weighted by Gasteiger charge is 2.17. The molecule has 3 rings (SSSR count). The van der Waals surface area contributed by atoms with Crippen LogP contribution in [0.1, 0.15) is 29.9 Å². The van der Waals surface area contributed by atoms with Gasteiger partial charge in [0, 0.05) is 17.8 Å². The summed E-state index contributed by atoms with van der Waals surface area (Å²) in [4.78, 5) is 13.3.